The first kappa shape index (κ1) is 11.3. The third-order valence-electron chi connectivity index (χ3n) is 2.44. The molecule has 88 valence electrons. The van der Waals surface area contributed by atoms with Gasteiger partial charge >= 0.3 is 0 Å². The topological polar surface area (TPSA) is 61.6 Å². The first-order valence-electron chi connectivity index (χ1n) is 5.23. The molecule has 0 aliphatic carbocycles. The Kier molecular flexibility index (Phi) is 3.33. The zero-order valence-electron chi connectivity index (χ0n) is 9.19. The first-order chi connectivity index (χ1) is 7.70. The van der Waals surface area contributed by atoms with Gasteiger partial charge in [0, 0.05) is 28.3 Å². The molecule has 1 atom stereocenters. The van der Waals surface area contributed by atoms with E-state index in [1.165, 1.54) is 0 Å². The fraction of sp³-hybridized carbons (Fsp3) is 0.455. The van der Waals surface area contributed by atoms with Crippen molar-refractivity contribution in [2.45, 2.75) is 12.7 Å². The van der Waals surface area contributed by atoms with Gasteiger partial charge in [-0.1, -0.05) is 6.92 Å². The summed E-state index contributed by atoms with van der Waals surface area (Å²) in [6.45, 7) is 2.99. The van der Waals surface area contributed by atoms with Crippen molar-refractivity contribution >= 4 is 16.5 Å². The standard InChI is InChI=1S/C11H15NO3S/c1-2-16(13)7-8-5-10-11(6-9(8)12)15-4-3-14-10/h5-6H,2-4,7,12H2,1H3. The van der Waals surface area contributed by atoms with E-state index >= 15 is 0 Å². The normalized spacial score (nSPS) is 15.8. The van der Waals surface area contributed by atoms with Gasteiger partial charge in [-0.3, -0.25) is 4.21 Å². The maximum Gasteiger partial charge on any atom is 0.163 e. The third kappa shape index (κ3) is 2.29. The minimum absolute atomic E-state index is 0.471. The SMILES string of the molecule is CCS(=O)Cc1cc2c(cc1N)OCCO2. The molecule has 4 nitrogen and oxygen atoms in total. The smallest absolute Gasteiger partial charge is 0.163 e. The van der Waals surface area contributed by atoms with E-state index in [1.54, 1.807) is 6.07 Å². The van der Waals surface area contributed by atoms with Crippen molar-refractivity contribution < 1.29 is 13.7 Å². The van der Waals surface area contributed by atoms with E-state index in [0.717, 1.165) is 5.56 Å². The minimum Gasteiger partial charge on any atom is -0.486 e. The Balaban J connectivity index is 2.28. The highest BCUT2D eigenvalue weighted by Gasteiger charge is 2.15. The number of fused-ring (bicyclic) bond motifs is 1. The Hall–Kier alpha value is -1.23. The van der Waals surface area contributed by atoms with Crippen LogP contribution in [0.2, 0.25) is 0 Å². The Bertz CT molecular complexity index is 420. The molecule has 0 saturated carbocycles. The van der Waals surface area contributed by atoms with Crippen molar-refractivity contribution in [3.05, 3.63) is 17.7 Å². The highest BCUT2D eigenvalue weighted by molar-refractivity contribution is 7.84. The molecule has 5 heteroatoms. The van der Waals surface area contributed by atoms with Gasteiger partial charge in [-0.05, 0) is 11.6 Å². The summed E-state index contributed by atoms with van der Waals surface area (Å²) in [5, 5.41) is 0. The third-order valence-corrected chi connectivity index (χ3v) is 3.72. The van der Waals surface area contributed by atoms with Crippen LogP contribution in [0.3, 0.4) is 0 Å². The molecule has 1 aromatic carbocycles. The number of rotatable bonds is 3. The number of nitrogen functional groups attached to an aromatic ring is 1. The van der Waals surface area contributed by atoms with Crippen LogP contribution in [0, 0.1) is 0 Å². The van der Waals surface area contributed by atoms with Crippen LogP contribution < -0.4 is 15.2 Å². The Labute approximate surface area is 97.2 Å². The van der Waals surface area contributed by atoms with Crippen LogP contribution in [-0.2, 0) is 16.6 Å². The Morgan fingerprint density at radius 2 is 1.94 bits per heavy atom. The summed E-state index contributed by atoms with van der Waals surface area (Å²) in [5.74, 6) is 2.48. The van der Waals surface area contributed by atoms with Gasteiger partial charge in [-0.15, -0.1) is 0 Å². The lowest BCUT2D eigenvalue weighted by molar-refractivity contribution is 0.171. The van der Waals surface area contributed by atoms with Crippen molar-refractivity contribution in [3.8, 4) is 11.5 Å². The second kappa shape index (κ2) is 4.74. The van der Waals surface area contributed by atoms with E-state index in [9.17, 15) is 4.21 Å². The molecule has 1 unspecified atom stereocenters. The van der Waals surface area contributed by atoms with E-state index < -0.39 is 10.8 Å². The van der Waals surface area contributed by atoms with Gasteiger partial charge in [0.15, 0.2) is 11.5 Å². The number of anilines is 1. The van der Waals surface area contributed by atoms with Crippen molar-refractivity contribution in [3.63, 3.8) is 0 Å². The second-order valence-corrected chi connectivity index (χ2v) is 5.31. The van der Waals surface area contributed by atoms with Crippen LogP contribution in [0.5, 0.6) is 11.5 Å². The summed E-state index contributed by atoms with van der Waals surface area (Å²) in [6.07, 6.45) is 0. The average Bonchev–Trinajstić information content (AvgIpc) is 2.30. The molecule has 0 spiro atoms. The van der Waals surface area contributed by atoms with Crippen LogP contribution in [0.25, 0.3) is 0 Å². The second-order valence-electron chi connectivity index (χ2n) is 3.57. The van der Waals surface area contributed by atoms with Gasteiger partial charge in [-0.25, -0.2) is 0 Å². The molecule has 0 bridgehead atoms. The molecule has 1 aliphatic rings. The van der Waals surface area contributed by atoms with E-state index in [4.69, 9.17) is 15.2 Å². The summed E-state index contributed by atoms with van der Waals surface area (Å²) < 4.78 is 22.3. The first-order valence-corrected chi connectivity index (χ1v) is 6.72. The molecule has 0 amide bonds. The van der Waals surface area contributed by atoms with Gasteiger partial charge in [-0.2, -0.15) is 0 Å². The van der Waals surface area contributed by atoms with Crippen molar-refractivity contribution in [1.82, 2.24) is 0 Å². The monoisotopic (exact) mass is 241 g/mol. The van der Waals surface area contributed by atoms with Gasteiger partial charge in [0.25, 0.3) is 0 Å². The Morgan fingerprint density at radius 3 is 2.56 bits per heavy atom. The van der Waals surface area contributed by atoms with E-state index in [0.29, 0.717) is 41.9 Å². The van der Waals surface area contributed by atoms with Crippen LogP contribution in [0.4, 0.5) is 5.69 Å². The predicted molar refractivity (Wildman–Crippen MR) is 64.2 cm³/mol. The minimum atomic E-state index is -0.865. The van der Waals surface area contributed by atoms with Gasteiger partial charge in [0.1, 0.15) is 13.2 Å². The molecular formula is C11H15NO3S. The van der Waals surface area contributed by atoms with Gasteiger partial charge < -0.3 is 15.2 Å². The molecule has 1 heterocycles. The molecule has 0 fully saturated rings. The zero-order chi connectivity index (χ0) is 11.5. The lowest BCUT2D eigenvalue weighted by Gasteiger charge is -2.20. The molecule has 1 aliphatic heterocycles. The maximum atomic E-state index is 11.5. The molecule has 0 radical (unpaired) electrons. The Morgan fingerprint density at radius 1 is 1.31 bits per heavy atom. The van der Waals surface area contributed by atoms with Crippen LogP contribution in [0.1, 0.15) is 12.5 Å². The summed E-state index contributed by atoms with van der Waals surface area (Å²) >= 11 is 0. The number of hydrogen-bond acceptors (Lipinski definition) is 4. The lowest BCUT2D eigenvalue weighted by Crippen LogP contribution is -2.16. The number of nitrogens with two attached hydrogens (primary N) is 1. The summed E-state index contributed by atoms with van der Waals surface area (Å²) in [7, 11) is -0.865. The van der Waals surface area contributed by atoms with Crippen LogP contribution in [0.15, 0.2) is 12.1 Å². The highest BCUT2D eigenvalue weighted by Crippen LogP contribution is 2.34. The number of ether oxygens (including phenoxy) is 2. The molecule has 2 N–H and O–H groups in total. The maximum absolute atomic E-state index is 11.5. The molecule has 2 rings (SSSR count). The molecule has 1 aromatic rings. The molecule has 16 heavy (non-hydrogen) atoms. The number of hydrogen-bond donors (Lipinski definition) is 1. The van der Waals surface area contributed by atoms with Gasteiger partial charge in [0.05, 0.1) is 5.75 Å². The fourth-order valence-electron chi connectivity index (χ4n) is 1.55. The lowest BCUT2D eigenvalue weighted by atomic mass is 10.2. The molecule has 0 saturated heterocycles. The van der Waals surface area contributed by atoms with Crippen molar-refractivity contribution in [2.24, 2.45) is 0 Å². The zero-order valence-corrected chi connectivity index (χ0v) is 10.0. The van der Waals surface area contributed by atoms with Crippen molar-refractivity contribution in [2.75, 3.05) is 24.7 Å². The van der Waals surface area contributed by atoms with E-state index in [1.807, 2.05) is 13.0 Å². The quantitative estimate of drug-likeness (QED) is 0.810. The van der Waals surface area contributed by atoms with Crippen LogP contribution >= 0.6 is 0 Å². The fourth-order valence-corrected chi connectivity index (χ4v) is 2.35. The average molecular weight is 241 g/mol. The number of benzene rings is 1. The predicted octanol–water partition coefficient (Wildman–Crippen LogP) is 1.31. The van der Waals surface area contributed by atoms with E-state index in [2.05, 4.69) is 0 Å². The van der Waals surface area contributed by atoms with E-state index in [-0.39, 0.29) is 0 Å². The molecule has 0 aromatic heterocycles. The molecular weight excluding hydrogens is 226 g/mol. The van der Waals surface area contributed by atoms with Gasteiger partial charge in [0.2, 0.25) is 0 Å². The van der Waals surface area contributed by atoms with Crippen molar-refractivity contribution in [1.29, 1.82) is 0 Å². The largest absolute Gasteiger partial charge is 0.486 e. The van der Waals surface area contributed by atoms with Crippen LogP contribution in [-0.4, -0.2) is 23.2 Å². The summed E-state index contributed by atoms with van der Waals surface area (Å²) in [5.41, 5.74) is 7.36. The summed E-state index contributed by atoms with van der Waals surface area (Å²) in [6, 6.07) is 3.58. The highest BCUT2D eigenvalue weighted by atomic mass is 32.2. The summed E-state index contributed by atoms with van der Waals surface area (Å²) in [4.78, 5) is 0.